The second-order valence-electron chi connectivity index (χ2n) is 7.97. The second-order valence-corrected chi connectivity index (χ2v) is 7.97. The van der Waals surface area contributed by atoms with E-state index in [1.807, 2.05) is 30.3 Å². The van der Waals surface area contributed by atoms with Crippen LogP contribution in [0.4, 0.5) is 11.4 Å². The summed E-state index contributed by atoms with van der Waals surface area (Å²) in [6, 6.07) is 22.9. The topological polar surface area (TPSA) is 82.0 Å². The lowest BCUT2D eigenvalue weighted by molar-refractivity contribution is 0.102. The van der Waals surface area contributed by atoms with Crippen LogP contribution in [0.1, 0.15) is 52.6 Å². The molecule has 0 aromatic heterocycles. The molecule has 0 radical (unpaired) electrons. The van der Waals surface area contributed by atoms with Gasteiger partial charge in [-0.25, -0.2) is 0 Å². The average Bonchev–Trinajstić information content (AvgIpc) is 2.74. The minimum atomic E-state index is -0.329. The molecule has 0 saturated carbocycles. The summed E-state index contributed by atoms with van der Waals surface area (Å²) < 4.78 is 0. The van der Waals surface area contributed by atoms with Gasteiger partial charge in [-0.15, -0.1) is 0 Å². The van der Waals surface area contributed by atoms with Gasteiger partial charge in [0, 0.05) is 22.5 Å². The van der Waals surface area contributed by atoms with Crippen LogP contribution in [0.25, 0.3) is 0 Å². The molecule has 0 saturated heterocycles. The number of amides is 2. The lowest BCUT2D eigenvalue weighted by Crippen LogP contribution is -2.19. The Balaban J connectivity index is 1.77. The number of nitrogens with zero attached hydrogens (tertiary/aromatic N) is 1. The molecule has 2 N–H and O–H groups in total. The number of hydrogen-bond acceptors (Lipinski definition) is 3. The van der Waals surface area contributed by atoms with E-state index in [0.29, 0.717) is 22.4 Å². The van der Waals surface area contributed by atoms with Crippen molar-refractivity contribution in [3.63, 3.8) is 0 Å². The molecule has 0 fully saturated rings. The number of benzene rings is 3. The van der Waals surface area contributed by atoms with Gasteiger partial charge >= 0.3 is 0 Å². The van der Waals surface area contributed by atoms with Crippen molar-refractivity contribution in [1.82, 2.24) is 0 Å². The number of carbonyl (C=O) groups excluding carboxylic acids is 2. The van der Waals surface area contributed by atoms with Crippen molar-refractivity contribution >= 4 is 23.2 Å². The molecule has 0 heterocycles. The minimum Gasteiger partial charge on any atom is -0.322 e. The van der Waals surface area contributed by atoms with E-state index in [1.165, 1.54) is 0 Å². The number of nitriles is 1. The van der Waals surface area contributed by atoms with Crippen LogP contribution in [-0.2, 0) is 5.41 Å². The molecular weight excluding hydrogens is 374 g/mol. The summed E-state index contributed by atoms with van der Waals surface area (Å²) in [4.78, 5) is 25.4. The molecular formula is C25H23N3O2. The summed E-state index contributed by atoms with van der Waals surface area (Å²) in [6.07, 6.45) is 0. The number of nitrogens with one attached hydrogen (secondary N) is 2. The average molecular weight is 397 g/mol. The Morgan fingerprint density at radius 2 is 1.40 bits per heavy atom. The molecule has 0 spiro atoms. The number of para-hydroxylation sites is 1. The molecule has 5 heteroatoms. The zero-order chi connectivity index (χ0) is 21.7. The molecule has 0 bridgehead atoms. The van der Waals surface area contributed by atoms with Gasteiger partial charge in [0.25, 0.3) is 11.8 Å². The Morgan fingerprint density at radius 1 is 0.800 bits per heavy atom. The van der Waals surface area contributed by atoms with Crippen molar-refractivity contribution < 1.29 is 9.59 Å². The highest BCUT2D eigenvalue weighted by Crippen LogP contribution is 2.29. The maximum Gasteiger partial charge on any atom is 0.255 e. The predicted molar refractivity (Wildman–Crippen MR) is 119 cm³/mol. The van der Waals surface area contributed by atoms with Gasteiger partial charge in [-0.1, -0.05) is 45.0 Å². The molecule has 5 nitrogen and oxygen atoms in total. The van der Waals surface area contributed by atoms with Gasteiger partial charge in [0.2, 0.25) is 0 Å². The monoisotopic (exact) mass is 397 g/mol. The third-order valence-corrected chi connectivity index (χ3v) is 4.64. The van der Waals surface area contributed by atoms with Crippen LogP contribution in [0, 0.1) is 11.3 Å². The van der Waals surface area contributed by atoms with Crippen LogP contribution in [0.15, 0.2) is 72.8 Å². The van der Waals surface area contributed by atoms with Crippen molar-refractivity contribution in [2.24, 2.45) is 0 Å². The van der Waals surface area contributed by atoms with E-state index in [1.54, 1.807) is 48.5 Å². The highest BCUT2D eigenvalue weighted by atomic mass is 16.2. The number of rotatable bonds is 4. The molecule has 2 amide bonds. The summed E-state index contributed by atoms with van der Waals surface area (Å²) in [6.45, 7) is 6.27. The maximum absolute atomic E-state index is 12.8. The standard InChI is InChI=1S/C25H23N3O2/c1-25(2,3)21-9-4-5-10-22(21)28-24(30)19-8-6-7-18(15-19)23(29)27-20-13-11-17(16-26)12-14-20/h4-15H,1-3H3,(H,27,29)(H,28,30). The van der Waals surface area contributed by atoms with E-state index in [2.05, 4.69) is 31.4 Å². The van der Waals surface area contributed by atoms with Crippen LogP contribution in [0.5, 0.6) is 0 Å². The lowest BCUT2D eigenvalue weighted by Gasteiger charge is -2.23. The zero-order valence-corrected chi connectivity index (χ0v) is 17.2. The highest BCUT2D eigenvalue weighted by Gasteiger charge is 2.19. The van der Waals surface area contributed by atoms with E-state index in [4.69, 9.17) is 5.26 Å². The SMILES string of the molecule is CC(C)(C)c1ccccc1NC(=O)c1cccc(C(=O)Nc2ccc(C#N)cc2)c1. The van der Waals surface area contributed by atoms with Crippen LogP contribution >= 0.6 is 0 Å². The molecule has 3 rings (SSSR count). The number of hydrogen-bond donors (Lipinski definition) is 2. The Bertz CT molecular complexity index is 1120. The molecule has 0 atom stereocenters. The van der Waals surface area contributed by atoms with Crippen LogP contribution in [0.3, 0.4) is 0 Å². The van der Waals surface area contributed by atoms with Gasteiger partial charge < -0.3 is 10.6 Å². The summed E-state index contributed by atoms with van der Waals surface area (Å²) in [5.74, 6) is -0.607. The fourth-order valence-electron chi connectivity index (χ4n) is 3.07. The predicted octanol–water partition coefficient (Wildman–Crippen LogP) is 5.36. The van der Waals surface area contributed by atoms with E-state index in [-0.39, 0.29) is 17.2 Å². The Morgan fingerprint density at radius 3 is 2.00 bits per heavy atom. The van der Waals surface area contributed by atoms with Crippen LogP contribution in [-0.4, -0.2) is 11.8 Å². The van der Waals surface area contributed by atoms with Crippen molar-refractivity contribution in [2.75, 3.05) is 10.6 Å². The highest BCUT2D eigenvalue weighted by molar-refractivity contribution is 6.09. The fraction of sp³-hybridized carbons (Fsp3) is 0.160. The first-order valence-electron chi connectivity index (χ1n) is 9.60. The van der Waals surface area contributed by atoms with Gasteiger partial charge in [0.15, 0.2) is 0 Å². The summed E-state index contributed by atoms with van der Waals surface area (Å²) >= 11 is 0. The number of anilines is 2. The summed E-state index contributed by atoms with van der Waals surface area (Å²) in [5, 5.41) is 14.6. The molecule has 3 aromatic rings. The fourth-order valence-corrected chi connectivity index (χ4v) is 3.07. The van der Waals surface area contributed by atoms with Crippen LogP contribution < -0.4 is 10.6 Å². The second kappa shape index (κ2) is 8.62. The maximum atomic E-state index is 12.8. The van der Waals surface area contributed by atoms with Gasteiger partial charge in [-0.2, -0.15) is 5.26 Å². The van der Waals surface area contributed by atoms with Gasteiger partial charge in [-0.05, 0) is 59.5 Å². The van der Waals surface area contributed by atoms with E-state index < -0.39 is 0 Å². The molecule has 0 aliphatic heterocycles. The first-order chi connectivity index (χ1) is 14.3. The largest absolute Gasteiger partial charge is 0.322 e. The first kappa shape index (κ1) is 20.8. The third-order valence-electron chi connectivity index (χ3n) is 4.64. The first-order valence-corrected chi connectivity index (χ1v) is 9.60. The number of carbonyl (C=O) groups is 2. The molecule has 3 aromatic carbocycles. The van der Waals surface area contributed by atoms with E-state index in [9.17, 15) is 9.59 Å². The quantitative estimate of drug-likeness (QED) is 0.622. The molecule has 0 aliphatic rings. The van der Waals surface area contributed by atoms with Gasteiger partial charge in [0.05, 0.1) is 11.6 Å². The minimum absolute atomic E-state index is 0.118. The molecule has 30 heavy (non-hydrogen) atoms. The lowest BCUT2D eigenvalue weighted by atomic mass is 9.86. The van der Waals surface area contributed by atoms with Crippen molar-refractivity contribution in [2.45, 2.75) is 26.2 Å². The Labute approximate surface area is 176 Å². The normalized spacial score (nSPS) is 10.7. The summed E-state index contributed by atoms with van der Waals surface area (Å²) in [5.41, 5.74) is 3.53. The third kappa shape index (κ3) is 4.92. The molecule has 0 aliphatic carbocycles. The van der Waals surface area contributed by atoms with Gasteiger partial charge in [0.1, 0.15) is 0 Å². The van der Waals surface area contributed by atoms with Gasteiger partial charge in [-0.3, -0.25) is 9.59 Å². The van der Waals surface area contributed by atoms with Crippen molar-refractivity contribution in [3.8, 4) is 6.07 Å². The molecule has 0 unspecified atom stereocenters. The van der Waals surface area contributed by atoms with Crippen molar-refractivity contribution in [3.05, 3.63) is 95.1 Å². The zero-order valence-electron chi connectivity index (χ0n) is 17.2. The smallest absolute Gasteiger partial charge is 0.255 e. The van der Waals surface area contributed by atoms with Crippen LogP contribution in [0.2, 0.25) is 0 Å². The van der Waals surface area contributed by atoms with E-state index >= 15 is 0 Å². The van der Waals surface area contributed by atoms with E-state index in [0.717, 1.165) is 11.3 Å². The summed E-state index contributed by atoms with van der Waals surface area (Å²) in [7, 11) is 0. The molecule has 150 valence electrons. The Hall–Kier alpha value is -3.91. The van der Waals surface area contributed by atoms with Crippen molar-refractivity contribution in [1.29, 1.82) is 5.26 Å². The Kier molecular flexibility index (Phi) is 5.98.